The van der Waals surface area contributed by atoms with E-state index in [2.05, 4.69) is 15.2 Å². The first-order valence-corrected chi connectivity index (χ1v) is 6.02. The second-order valence-electron chi connectivity index (χ2n) is 4.86. The van der Waals surface area contributed by atoms with Gasteiger partial charge in [-0.25, -0.2) is 0 Å². The maximum atomic E-state index is 5.71. The molecule has 2 aliphatic rings. The molecular weight excluding hydrogens is 200 g/mol. The molecule has 1 saturated heterocycles. The number of nitrogens with one attached hydrogen (secondary N) is 1. The second-order valence-corrected chi connectivity index (χ2v) is 4.86. The zero-order valence-electron chi connectivity index (χ0n) is 9.39. The molecule has 1 aromatic rings. The van der Waals surface area contributed by atoms with E-state index in [9.17, 15) is 0 Å². The van der Waals surface area contributed by atoms with Crippen LogP contribution in [0.2, 0.25) is 0 Å². The molecule has 86 valence electrons. The van der Waals surface area contributed by atoms with Crippen LogP contribution in [0, 0.1) is 0 Å². The van der Waals surface area contributed by atoms with Crippen molar-refractivity contribution >= 4 is 11.4 Å². The highest BCUT2D eigenvalue weighted by molar-refractivity contribution is 5.51. The molecule has 4 heteroatoms. The number of aromatic nitrogens is 1. The Labute approximate surface area is 95.8 Å². The lowest BCUT2D eigenvalue weighted by Gasteiger charge is -2.16. The third kappa shape index (κ3) is 2.11. The molecule has 4 nitrogen and oxygen atoms in total. The number of rotatable bonds is 3. The Morgan fingerprint density at radius 2 is 2.19 bits per heavy atom. The summed E-state index contributed by atoms with van der Waals surface area (Å²) in [7, 11) is 0. The van der Waals surface area contributed by atoms with E-state index >= 15 is 0 Å². The van der Waals surface area contributed by atoms with E-state index in [1.807, 2.05) is 12.3 Å². The first-order valence-electron chi connectivity index (χ1n) is 6.02. The highest BCUT2D eigenvalue weighted by atomic mass is 15.2. The Balaban J connectivity index is 1.59. The van der Waals surface area contributed by atoms with Gasteiger partial charge in [-0.15, -0.1) is 0 Å². The predicted octanol–water partition coefficient (Wildman–Crippen LogP) is 1.31. The zero-order valence-corrected chi connectivity index (χ0v) is 9.39. The second kappa shape index (κ2) is 3.94. The summed E-state index contributed by atoms with van der Waals surface area (Å²) < 4.78 is 0. The lowest BCUT2D eigenvalue weighted by atomic mass is 10.2. The molecule has 1 aliphatic carbocycles. The number of likely N-dealkylation sites (tertiary alicyclic amines) is 1. The lowest BCUT2D eigenvalue weighted by molar-refractivity contribution is 0.326. The van der Waals surface area contributed by atoms with Crippen molar-refractivity contribution in [3.63, 3.8) is 0 Å². The van der Waals surface area contributed by atoms with E-state index in [-0.39, 0.29) is 0 Å². The summed E-state index contributed by atoms with van der Waals surface area (Å²) in [6, 6.07) is 3.39. The Morgan fingerprint density at radius 3 is 2.94 bits per heavy atom. The molecular formula is C12H18N4. The van der Waals surface area contributed by atoms with E-state index in [0.717, 1.165) is 17.4 Å². The molecule has 1 aliphatic heterocycles. The monoisotopic (exact) mass is 218 g/mol. The molecule has 0 bridgehead atoms. The van der Waals surface area contributed by atoms with Gasteiger partial charge < -0.3 is 11.1 Å². The summed E-state index contributed by atoms with van der Waals surface area (Å²) in [6.45, 7) is 2.40. The van der Waals surface area contributed by atoms with Crippen LogP contribution in [0.15, 0.2) is 18.5 Å². The van der Waals surface area contributed by atoms with Crippen LogP contribution in [0.4, 0.5) is 11.4 Å². The molecule has 1 aromatic heterocycles. The molecule has 0 aromatic carbocycles. The van der Waals surface area contributed by atoms with Gasteiger partial charge in [0.25, 0.3) is 0 Å². The molecule has 0 amide bonds. The Bertz CT molecular complexity index is 375. The van der Waals surface area contributed by atoms with Gasteiger partial charge in [0.2, 0.25) is 0 Å². The zero-order chi connectivity index (χ0) is 11.0. The van der Waals surface area contributed by atoms with Crippen LogP contribution in [0.5, 0.6) is 0 Å². The van der Waals surface area contributed by atoms with Crippen LogP contribution in [-0.2, 0) is 0 Å². The fourth-order valence-corrected chi connectivity index (χ4v) is 2.45. The average molecular weight is 218 g/mol. The topological polar surface area (TPSA) is 54.2 Å². The van der Waals surface area contributed by atoms with Gasteiger partial charge in [0.15, 0.2) is 0 Å². The minimum atomic E-state index is 0.559. The minimum Gasteiger partial charge on any atom is -0.397 e. The normalized spacial score (nSPS) is 25.9. The van der Waals surface area contributed by atoms with E-state index in [1.54, 1.807) is 6.20 Å². The van der Waals surface area contributed by atoms with Gasteiger partial charge in [0.05, 0.1) is 17.6 Å². The van der Waals surface area contributed by atoms with E-state index in [4.69, 9.17) is 5.73 Å². The smallest absolute Gasteiger partial charge is 0.0550 e. The molecule has 2 fully saturated rings. The van der Waals surface area contributed by atoms with Crippen LogP contribution < -0.4 is 11.1 Å². The van der Waals surface area contributed by atoms with Crippen molar-refractivity contribution < 1.29 is 0 Å². The van der Waals surface area contributed by atoms with Crippen molar-refractivity contribution in [1.82, 2.24) is 9.88 Å². The largest absolute Gasteiger partial charge is 0.397 e. The van der Waals surface area contributed by atoms with E-state index < -0.39 is 0 Å². The quantitative estimate of drug-likeness (QED) is 0.803. The Morgan fingerprint density at radius 1 is 1.31 bits per heavy atom. The standard InChI is InChI=1S/C12H18N4/c13-9-5-11(7-14-6-9)15-10-3-4-16(8-10)12-1-2-12/h5-7,10,12,15H,1-4,8,13H2. The van der Waals surface area contributed by atoms with Crippen LogP contribution in [0.3, 0.4) is 0 Å². The lowest BCUT2D eigenvalue weighted by Crippen LogP contribution is -2.27. The van der Waals surface area contributed by atoms with Gasteiger partial charge >= 0.3 is 0 Å². The summed E-state index contributed by atoms with van der Waals surface area (Å²) in [5.41, 5.74) is 7.47. The Hall–Kier alpha value is -1.29. The third-order valence-corrected chi connectivity index (χ3v) is 3.41. The van der Waals surface area contributed by atoms with Crippen molar-refractivity contribution in [2.24, 2.45) is 0 Å². The highest BCUT2D eigenvalue weighted by Crippen LogP contribution is 2.30. The van der Waals surface area contributed by atoms with Crippen molar-refractivity contribution in [2.75, 3.05) is 24.1 Å². The number of hydrogen-bond donors (Lipinski definition) is 2. The van der Waals surface area contributed by atoms with Crippen LogP contribution in [0.25, 0.3) is 0 Å². The molecule has 0 spiro atoms. The summed E-state index contributed by atoms with van der Waals surface area (Å²) in [5.74, 6) is 0. The molecule has 1 unspecified atom stereocenters. The maximum Gasteiger partial charge on any atom is 0.0550 e. The predicted molar refractivity (Wildman–Crippen MR) is 65.3 cm³/mol. The van der Waals surface area contributed by atoms with E-state index in [1.165, 1.54) is 32.4 Å². The van der Waals surface area contributed by atoms with E-state index in [0.29, 0.717) is 6.04 Å². The number of nitrogens with zero attached hydrogens (tertiary/aromatic N) is 2. The number of nitrogens with two attached hydrogens (primary N) is 1. The third-order valence-electron chi connectivity index (χ3n) is 3.41. The highest BCUT2D eigenvalue weighted by Gasteiger charge is 2.34. The fraction of sp³-hybridized carbons (Fsp3) is 0.583. The summed E-state index contributed by atoms with van der Waals surface area (Å²) in [5, 5.41) is 3.51. The van der Waals surface area contributed by atoms with Crippen molar-refractivity contribution in [1.29, 1.82) is 0 Å². The fourth-order valence-electron chi connectivity index (χ4n) is 2.45. The number of pyridine rings is 1. The molecule has 3 rings (SSSR count). The molecule has 1 saturated carbocycles. The number of hydrogen-bond acceptors (Lipinski definition) is 4. The van der Waals surface area contributed by atoms with Crippen LogP contribution >= 0.6 is 0 Å². The molecule has 1 atom stereocenters. The van der Waals surface area contributed by atoms with Gasteiger partial charge in [0.1, 0.15) is 0 Å². The van der Waals surface area contributed by atoms with Crippen molar-refractivity contribution in [3.05, 3.63) is 18.5 Å². The van der Waals surface area contributed by atoms with Gasteiger partial charge in [0, 0.05) is 31.4 Å². The van der Waals surface area contributed by atoms with Crippen molar-refractivity contribution in [3.8, 4) is 0 Å². The number of anilines is 2. The maximum absolute atomic E-state index is 5.71. The SMILES string of the molecule is Nc1cncc(NC2CCN(C3CC3)C2)c1. The average Bonchev–Trinajstić information content (AvgIpc) is 3.01. The van der Waals surface area contributed by atoms with Gasteiger partial charge in [-0.3, -0.25) is 9.88 Å². The molecule has 16 heavy (non-hydrogen) atoms. The first-order chi connectivity index (χ1) is 7.81. The van der Waals surface area contributed by atoms with Gasteiger partial charge in [-0.1, -0.05) is 0 Å². The minimum absolute atomic E-state index is 0.559. The molecule has 2 heterocycles. The van der Waals surface area contributed by atoms with Crippen molar-refractivity contribution in [2.45, 2.75) is 31.3 Å². The summed E-state index contributed by atoms with van der Waals surface area (Å²) in [4.78, 5) is 6.69. The summed E-state index contributed by atoms with van der Waals surface area (Å²) >= 11 is 0. The molecule has 3 N–H and O–H groups in total. The molecule has 0 radical (unpaired) electrons. The Kier molecular flexibility index (Phi) is 2.44. The summed E-state index contributed by atoms with van der Waals surface area (Å²) in [6.07, 6.45) is 7.54. The van der Waals surface area contributed by atoms with Crippen LogP contribution in [-0.4, -0.2) is 35.1 Å². The van der Waals surface area contributed by atoms with Crippen LogP contribution in [0.1, 0.15) is 19.3 Å². The number of nitrogen functional groups attached to an aromatic ring is 1. The van der Waals surface area contributed by atoms with Gasteiger partial charge in [-0.2, -0.15) is 0 Å². The van der Waals surface area contributed by atoms with Gasteiger partial charge in [-0.05, 0) is 25.3 Å². The first kappa shape index (κ1) is 9.90.